The fourth-order valence-corrected chi connectivity index (χ4v) is 2.42. The quantitative estimate of drug-likeness (QED) is 0.503. The van der Waals surface area contributed by atoms with E-state index in [1.807, 2.05) is 11.8 Å². The van der Waals surface area contributed by atoms with Crippen molar-refractivity contribution in [3.63, 3.8) is 0 Å². The highest BCUT2D eigenvalue weighted by atomic mass is 16.6. The van der Waals surface area contributed by atoms with Gasteiger partial charge in [-0.3, -0.25) is 14.9 Å². The number of likely N-dealkylation sites (tertiary alicyclic amines) is 1. The largest absolute Gasteiger partial charge is 0.393 e. The Morgan fingerprint density at radius 3 is 2.79 bits per heavy atom. The van der Waals surface area contributed by atoms with Gasteiger partial charge in [0.05, 0.1) is 4.92 Å². The second-order valence-corrected chi connectivity index (χ2v) is 4.87. The van der Waals surface area contributed by atoms with Gasteiger partial charge >= 0.3 is 0 Å². The smallest absolute Gasteiger partial charge is 0.292 e. The molecule has 6 heteroatoms. The lowest BCUT2D eigenvalue weighted by Gasteiger charge is -2.33. The summed E-state index contributed by atoms with van der Waals surface area (Å²) < 4.78 is 0. The molecular formula is C13H17N3O3. The molecule has 0 bridgehead atoms. The van der Waals surface area contributed by atoms with E-state index < -0.39 is 4.92 Å². The van der Waals surface area contributed by atoms with Crippen LogP contribution in [0.25, 0.3) is 0 Å². The number of piperidine rings is 1. The highest BCUT2D eigenvalue weighted by Crippen LogP contribution is 2.25. The Hall–Kier alpha value is -2.11. The number of amides is 1. The van der Waals surface area contributed by atoms with Gasteiger partial charge in [-0.15, -0.1) is 0 Å². The summed E-state index contributed by atoms with van der Waals surface area (Å²) in [5, 5.41) is 10.7. The lowest BCUT2D eigenvalue weighted by Crippen LogP contribution is -2.42. The molecule has 19 heavy (non-hydrogen) atoms. The van der Waals surface area contributed by atoms with Crippen molar-refractivity contribution in [2.75, 3.05) is 12.3 Å². The van der Waals surface area contributed by atoms with Gasteiger partial charge in [0.1, 0.15) is 5.69 Å². The van der Waals surface area contributed by atoms with E-state index in [4.69, 9.17) is 5.73 Å². The van der Waals surface area contributed by atoms with Crippen LogP contribution in [0.5, 0.6) is 0 Å². The number of hydrogen-bond acceptors (Lipinski definition) is 4. The second kappa shape index (κ2) is 5.26. The number of nitrogen functional groups attached to an aromatic ring is 1. The van der Waals surface area contributed by atoms with Crippen LogP contribution in [-0.2, 0) is 0 Å². The van der Waals surface area contributed by atoms with Gasteiger partial charge in [0.2, 0.25) is 0 Å². The molecule has 0 saturated carbocycles. The zero-order valence-electron chi connectivity index (χ0n) is 10.8. The molecule has 0 radical (unpaired) electrons. The topological polar surface area (TPSA) is 89.5 Å². The molecule has 1 amide bonds. The molecule has 1 fully saturated rings. The van der Waals surface area contributed by atoms with Gasteiger partial charge in [0, 0.05) is 24.2 Å². The van der Waals surface area contributed by atoms with Crippen molar-refractivity contribution in [3.8, 4) is 0 Å². The summed E-state index contributed by atoms with van der Waals surface area (Å²) >= 11 is 0. The number of nitrogens with zero attached hydrogens (tertiary/aromatic N) is 2. The van der Waals surface area contributed by atoms with Crippen LogP contribution in [0.15, 0.2) is 18.2 Å². The molecule has 0 spiro atoms. The minimum absolute atomic E-state index is 0.0283. The minimum atomic E-state index is -0.549. The Morgan fingerprint density at radius 2 is 2.21 bits per heavy atom. The fourth-order valence-electron chi connectivity index (χ4n) is 2.42. The van der Waals surface area contributed by atoms with Crippen LogP contribution in [0.1, 0.15) is 36.5 Å². The normalized spacial score (nSPS) is 19.2. The number of nitrogens with two attached hydrogens (primary N) is 1. The van der Waals surface area contributed by atoms with Crippen molar-refractivity contribution in [2.24, 2.45) is 0 Å². The second-order valence-electron chi connectivity index (χ2n) is 4.87. The lowest BCUT2D eigenvalue weighted by molar-refractivity contribution is -0.383. The lowest BCUT2D eigenvalue weighted by atomic mass is 10.0. The van der Waals surface area contributed by atoms with Gasteiger partial charge in [0.25, 0.3) is 11.6 Å². The highest BCUT2D eigenvalue weighted by Gasteiger charge is 2.25. The van der Waals surface area contributed by atoms with Crippen LogP contribution in [0.3, 0.4) is 0 Å². The molecule has 2 N–H and O–H groups in total. The summed E-state index contributed by atoms with van der Waals surface area (Å²) in [7, 11) is 0. The number of carbonyl (C=O) groups is 1. The van der Waals surface area contributed by atoms with Gasteiger partial charge in [-0.2, -0.15) is 0 Å². The van der Waals surface area contributed by atoms with Crippen LogP contribution in [0.2, 0.25) is 0 Å². The molecule has 0 aliphatic carbocycles. The first-order chi connectivity index (χ1) is 9.00. The van der Waals surface area contributed by atoms with Crippen molar-refractivity contribution in [2.45, 2.75) is 32.2 Å². The van der Waals surface area contributed by atoms with Crippen molar-refractivity contribution in [1.82, 2.24) is 4.90 Å². The average Bonchev–Trinajstić information content (AvgIpc) is 2.38. The zero-order valence-corrected chi connectivity index (χ0v) is 10.8. The van der Waals surface area contributed by atoms with E-state index in [1.54, 1.807) is 0 Å². The van der Waals surface area contributed by atoms with Gasteiger partial charge in [-0.1, -0.05) is 0 Å². The van der Waals surface area contributed by atoms with E-state index >= 15 is 0 Å². The summed E-state index contributed by atoms with van der Waals surface area (Å²) in [6, 6.07) is 4.36. The molecule has 1 unspecified atom stereocenters. The SMILES string of the molecule is CC1CCCCN1C(=O)c1ccc([N+](=O)[O-])c(N)c1. The molecule has 6 nitrogen and oxygen atoms in total. The van der Waals surface area contributed by atoms with Gasteiger partial charge in [-0.25, -0.2) is 0 Å². The van der Waals surface area contributed by atoms with E-state index in [-0.39, 0.29) is 23.3 Å². The van der Waals surface area contributed by atoms with Crippen LogP contribution >= 0.6 is 0 Å². The number of nitro groups is 1. The van der Waals surface area contributed by atoms with E-state index in [0.29, 0.717) is 5.56 Å². The minimum Gasteiger partial charge on any atom is -0.393 e. The summed E-state index contributed by atoms with van der Waals surface area (Å²) in [5.74, 6) is -0.103. The van der Waals surface area contributed by atoms with E-state index in [2.05, 4.69) is 0 Å². The van der Waals surface area contributed by atoms with Crippen LogP contribution in [-0.4, -0.2) is 28.3 Å². The Morgan fingerprint density at radius 1 is 1.47 bits per heavy atom. The van der Waals surface area contributed by atoms with E-state index in [9.17, 15) is 14.9 Å². The molecule has 1 aromatic carbocycles. The van der Waals surface area contributed by atoms with Crippen molar-refractivity contribution in [1.29, 1.82) is 0 Å². The molecule has 1 saturated heterocycles. The molecule has 1 heterocycles. The number of anilines is 1. The van der Waals surface area contributed by atoms with Gasteiger partial charge in [-0.05, 0) is 38.3 Å². The van der Waals surface area contributed by atoms with Crippen molar-refractivity contribution < 1.29 is 9.72 Å². The Bertz CT molecular complexity index is 516. The third-order valence-corrected chi connectivity index (χ3v) is 3.54. The first kappa shape index (κ1) is 13.3. The first-order valence-corrected chi connectivity index (χ1v) is 6.35. The molecule has 1 aromatic rings. The number of carbonyl (C=O) groups excluding carboxylic acids is 1. The first-order valence-electron chi connectivity index (χ1n) is 6.35. The Labute approximate surface area is 111 Å². The number of hydrogen-bond donors (Lipinski definition) is 1. The van der Waals surface area contributed by atoms with Crippen LogP contribution in [0, 0.1) is 10.1 Å². The van der Waals surface area contributed by atoms with E-state index in [1.165, 1.54) is 18.2 Å². The average molecular weight is 263 g/mol. The molecule has 1 aliphatic rings. The van der Waals surface area contributed by atoms with Crippen molar-refractivity contribution in [3.05, 3.63) is 33.9 Å². The number of benzene rings is 1. The monoisotopic (exact) mass is 263 g/mol. The summed E-state index contributed by atoms with van der Waals surface area (Å²) in [6.07, 6.45) is 3.13. The fraction of sp³-hybridized carbons (Fsp3) is 0.462. The van der Waals surface area contributed by atoms with Gasteiger partial charge in [0.15, 0.2) is 0 Å². The summed E-state index contributed by atoms with van der Waals surface area (Å²) in [4.78, 5) is 24.3. The predicted molar refractivity (Wildman–Crippen MR) is 71.9 cm³/mol. The molecule has 0 aromatic heterocycles. The molecule has 2 rings (SSSR count). The standard InChI is InChI=1S/C13H17N3O3/c1-9-4-2-3-7-15(9)13(17)10-5-6-12(16(18)19)11(14)8-10/h5-6,8-9H,2-4,7,14H2,1H3. The van der Waals surface area contributed by atoms with E-state index in [0.717, 1.165) is 25.8 Å². The maximum atomic E-state index is 12.3. The van der Waals surface area contributed by atoms with Crippen molar-refractivity contribution >= 4 is 17.3 Å². The highest BCUT2D eigenvalue weighted by molar-refractivity contribution is 5.96. The van der Waals surface area contributed by atoms with Gasteiger partial charge < -0.3 is 10.6 Å². The summed E-state index contributed by atoms with van der Waals surface area (Å²) in [5.41, 5.74) is 5.89. The maximum Gasteiger partial charge on any atom is 0.292 e. The molecule has 1 aliphatic heterocycles. The summed E-state index contributed by atoms with van der Waals surface area (Å²) in [6.45, 7) is 2.75. The zero-order chi connectivity index (χ0) is 14.0. The van der Waals surface area contributed by atoms with Crippen LogP contribution in [0.4, 0.5) is 11.4 Å². The Balaban J connectivity index is 2.24. The maximum absolute atomic E-state index is 12.3. The number of nitro benzene ring substituents is 1. The third kappa shape index (κ3) is 2.67. The molecule has 1 atom stereocenters. The van der Waals surface area contributed by atoms with Crippen LogP contribution < -0.4 is 5.73 Å². The third-order valence-electron chi connectivity index (χ3n) is 3.54. The molecular weight excluding hydrogens is 246 g/mol. The Kier molecular flexibility index (Phi) is 3.69. The number of rotatable bonds is 2. The predicted octanol–water partition coefficient (Wildman–Crippen LogP) is 2.19. The molecule has 102 valence electrons.